The molecule has 0 aliphatic carbocycles. The van der Waals surface area contributed by atoms with Crippen LogP contribution in [0.1, 0.15) is 46.1 Å². The van der Waals surface area contributed by atoms with E-state index in [0.29, 0.717) is 6.42 Å². The molecule has 9 nitrogen and oxygen atoms in total. The predicted octanol–water partition coefficient (Wildman–Crippen LogP) is 1.55. The van der Waals surface area contributed by atoms with E-state index in [9.17, 15) is 28.9 Å². The molecule has 0 spiro atoms. The highest BCUT2D eigenvalue weighted by molar-refractivity contribution is 7.85. The molecule has 2 unspecified atom stereocenters. The second-order valence-corrected chi connectivity index (χ2v) is 10.2. The van der Waals surface area contributed by atoms with Crippen molar-refractivity contribution < 1.29 is 28.9 Å². The Morgan fingerprint density at radius 2 is 1.71 bits per heavy atom. The summed E-state index contributed by atoms with van der Waals surface area (Å²) in [5.74, 6) is -1.47. The number of likely N-dealkylation sites (N-methyl/N-ethyl adjacent to an activating group) is 1. The Morgan fingerprint density at radius 3 is 2.23 bits per heavy atom. The number of nitrogens with one attached hydrogen (secondary N) is 2. The first kappa shape index (κ1) is 26.7. The van der Waals surface area contributed by atoms with E-state index >= 15 is 0 Å². The lowest BCUT2D eigenvalue weighted by Gasteiger charge is -2.33. The normalized spacial score (nSPS) is 14.5. The van der Waals surface area contributed by atoms with Gasteiger partial charge in [0, 0.05) is 23.6 Å². The summed E-state index contributed by atoms with van der Waals surface area (Å²) >= 11 is 0. The lowest BCUT2D eigenvalue weighted by Crippen LogP contribution is -2.61. The van der Waals surface area contributed by atoms with Crippen LogP contribution in [0.15, 0.2) is 30.3 Å². The minimum atomic E-state index is -1.60. The van der Waals surface area contributed by atoms with Gasteiger partial charge in [-0.1, -0.05) is 44.2 Å². The lowest BCUT2D eigenvalue weighted by molar-refractivity contribution is -0.163. The van der Waals surface area contributed by atoms with Gasteiger partial charge in [-0.05, 0) is 38.2 Å². The maximum atomic E-state index is 13.0. The number of nitrogens with zero attached hydrogens (tertiary/aromatic N) is 1. The van der Waals surface area contributed by atoms with Crippen LogP contribution in [0.25, 0.3) is 0 Å². The summed E-state index contributed by atoms with van der Waals surface area (Å²) in [7, 11) is -0.245. The molecule has 0 aromatic heterocycles. The van der Waals surface area contributed by atoms with E-state index in [1.165, 1.54) is 7.05 Å². The van der Waals surface area contributed by atoms with Crippen molar-refractivity contribution in [2.45, 2.75) is 63.2 Å². The standard InChI is InChI=1S/C21H33N3O6S/c1-14(2)11-12-16(25)19(27)24(29)20(28)23-17(18(26)22-5)21(3,4)31(30)13-15-9-7-6-8-10-15/h6-10,14,16-17,25,29H,11-13H2,1-5H3,(H,22,26)(H,23,28)/t16-,17?,31?/m0/s1. The van der Waals surface area contributed by atoms with Crippen LogP contribution in [0, 0.1) is 5.92 Å². The van der Waals surface area contributed by atoms with Gasteiger partial charge in [-0.3, -0.25) is 19.0 Å². The summed E-state index contributed by atoms with van der Waals surface area (Å²) in [5, 5.41) is 24.3. The molecule has 1 aromatic rings. The van der Waals surface area contributed by atoms with Crippen molar-refractivity contribution in [3.63, 3.8) is 0 Å². The van der Waals surface area contributed by atoms with Crippen molar-refractivity contribution in [1.82, 2.24) is 15.7 Å². The van der Waals surface area contributed by atoms with Gasteiger partial charge in [0.05, 0.1) is 4.75 Å². The van der Waals surface area contributed by atoms with Crippen LogP contribution in [0.2, 0.25) is 0 Å². The molecule has 4 amide bonds. The van der Waals surface area contributed by atoms with Crippen molar-refractivity contribution in [3.8, 4) is 0 Å². The van der Waals surface area contributed by atoms with Crippen LogP contribution in [0.4, 0.5) is 4.79 Å². The molecule has 1 rings (SSSR count). The molecule has 0 heterocycles. The van der Waals surface area contributed by atoms with Gasteiger partial charge in [0.2, 0.25) is 5.91 Å². The van der Waals surface area contributed by atoms with Crippen LogP contribution in [-0.4, -0.2) is 61.4 Å². The van der Waals surface area contributed by atoms with Crippen molar-refractivity contribution in [2.75, 3.05) is 7.05 Å². The van der Waals surface area contributed by atoms with Crippen LogP contribution >= 0.6 is 0 Å². The van der Waals surface area contributed by atoms with Crippen molar-refractivity contribution in [2.24, 2.45) is 5.92 Å². The Labute approximate surface area is 185 Å². The fraction of sp³-hybridized carbons (Fsp3) is 0.571. The maximum absolute atomic E-state index is 13.0. The lowest BCUT2D eigenvalue weighted by atomic mass is 10.0. The zero-order valence-corrected chi connectivity index (χ0v) is 19.4. The van der Waals surface area contributed by atoms with Gasteiger partial charge in [0.1, 0.15) is 12.1 Å². The van der Waals surface area contributed by atoms with Crippen LogP contribution in [0.5, 0.6) is 0 Å². The second-order valence-electron chi connectivity index (χ2n) is 8.21. The SMILES string of the molecule is CNC(=O)C(NC(=O)N(O)C(=O)[C@@H](O)CCC(C)C)C(C)(C)S(=O)Cc1ccccc1. The average molecular weight is 456 g/mol. The number of hydrogen-bond acceptors (Lipinski definition) is 6. The molecule has 0 fully saturated rings. The molecule has 3 atom stereocenters. The van der Waals surface area contributed by atoms with Crippen molar-refractivity contribution in [3.05, 3.63) is 35.9 Å². The molecule has 0 radical (unpaired) electrons. The zero-order valence-electron chi connectivity index (χ0n) is 18.6. The Hall–Kier alpha value is -2.30. The van der Waals surface area contributed by atoms with E-state index < -0.39 is 45.5 Å². The Balaban J connectivity index is 2.95. The monoisotopic (exact) mass is 455 g/mol. The van der Waals surface area contributed by atoms with Crippen molar-refractivity contribution >= 4 is 28.6 Å². The number of aliphatic hydroxyl groups excluding tert-OH is 1. The largest absolute Gasteiger partial charge is 0.383 e. The van der Waals surface area contributed by atoms with E-state index in [0.717, 1.165) is 5.56 Å². The zero-order chi connectivity index (χ0) is 23.8. The second kappa shape index (κ2) is 11.9. The van der Waals surface area contributed by atoms with E-state index in [2.05, 4.69) is 10.6 Å². The van der Waals surface area contributed by atoms with Crippen LogP contribution in [0.3, 0.4) is 0 Å². The number of carbonyl (C=O) groups excluding carboxylic acids is 3. The molecule has 0 aliphatic heterocycles. The maximum Gasteiger partial charge on any atom is 0.349 e. The van der Waals surface area contributed by atoms with Gasteiger partial charge in [-0.2, -0.15) is 0 Å². The third kappa shape index (κ3) is 7.71. The molecule has 4 N–H and O–H groups in total. The van der Waals surface area contributed by atoms with Gasteiger partial charge in [-0.15, -0.1) is 5.06 Å². The number of hydroxylamine groups is 2. The first-order valence-electron chi connectivity index (χ1n) is 10.1. The number of aliphatic hydroxyl groups is 1. The molecule has 31 heavy (non-hydrogen) atoms. The van der Waals surface area contributed by atoms with Gasteiger partial charge in [0.25, 0.3) is 5.91 Å². The summed E-state index contributed by atoms with van der Waals surface area (Å²) in [6.45, 7) is 6.92. The smallest absolute Gasteiger partial charge is 0.349 e. The highest BCUT2D eigenvalue weighted by Gasteiger charge is 2.42. The minimum Gasteiger partial charge on any atom is -0.383 e. The van der Waals surface area contributed by atoms with Crippen molar-refractivity contribution in [1.29, 1.82) is 0 Å². The highest BCUT2D eigenvalue weighted by atomic mass is 32.2. The molecule has 0 saturated carbocycles. The number of rotatable bonds is 10. The quantitative estimate of drug-likeness (QED) is 0.312. The number of urea groups is 1. The topological polar surface area (TPSA) is 136 Å². The first-order chi connectivity index (χ1) is 14.4. The fourth-order valence-corrected chi connectivity index (χ4v) is 4.08. The molecular formula is C21H33N3O6S. The van der Waals surface area contributed by atoms with E-state index in [4.69, 9.17) is 0 Å². The van der Waals surface area contributed by atoms with Crippen LogP contribution < -0.4 is 10.6 Å². The Kier molecular flexibility index (Phi) is 10.3. The van der Waals surface area contributed by atoms with Gasteiger partial charge in [-0.25, -0.2) is 4.79 Å². The fourth-order valence-electron chi connectivity index (χ4n) is 2.78. The van der Waals surface area contributed by atoms with E-state index in [1.54, 1.807) is 38.1 Å². The number of carbonyl (C=O) groups is 3. The van der Waals surface area contributed by atoms with Crippen LogP contribution in [-0.2, 0) is 26.1 Å². The van der Waals surface area contributed by atoms with Gasteiger partial charge in [0.15, 0.2) is 0 Å². The van der Waals surface area contributed by atoms with Gasteiger partial charge < -0.3 is 15.7 Å². The third-order valence-corrected chi connectivity index (χ3v) is 6.91. The molecule has 0 bridgehead atoms. The molecule has 1 aromatic carbocycles. The average Bonchev–Trinajstić information content (AvgIpc) is 2.74. The third-order valence-electron chi connectivity index (χ3n) is 4.90. The molecule has 0 aliphatic rings. The summed E-state index contributed by atoms with van der Waals surface area (Å²) in [4.78, 5) is 37.0. The summed E-state index contributed by atoms with van der Waals surface area (Å²) in [6, 6.07) is 6.43. The number of benzene rings is 1. The summed E-state index contributed by atoms with van der Waals surface area (Å²) < 4.78 is 11.8. The summed E-state index contributed by atoms with van der Waals surface area (Å²) in [6.07, 6.45) is -0.960. The molecular weight excluding hydrogens is 422 g/mol. The molecule has 10 heteroatoms. The van der Waals surface area contributed by atoms with E-state index in [-0.39, 0.29) is 23.2 Å². The Bertz CT molecular complexity index is 785. The highest BCUT2D eigenvalue weighted by Crippen LogP contribution is 2.22. The number of amides is 4. The number of imide groups is 1. The molecule has 0 saturated heterocycles. The first-order valence-corrected chi connectivity index (χ1v) is 11.4. The Morgan fingerprint density at radius 1 is 1.13 bits per heavy atom. The predicted molar refractivity (Wildman–Crippen MR) is 117 cm³/mol. The molecule has 174 valence electrons. The van der Waals surface area contributed by atoms with E-state index in [1.807, 2.05) is 19.9 Å². The summed E-state index contributed by atoms with van der Waals surface area (Å²) in [5.41, 5.74) is 0.795. The van der Waals surface area contributed by atoms with Gasteiger partial charge >= 0.3 is 6.03 Å². The number of hydrogen-bond donors (Lipinski definition) is 4. The minimum absolute atomic E-state index is 0.0757.